The molecule has 10 heteroatoms. The fourth-order valence-electron chi connectivity index (χ4n) is 5.80. The summed E-state index contributed by atoms with van der Waals surface area (Å²) in [7, 11) is 0. The molecule has 1 aromatic carbocycles. The molecule has 4 aliphatic rings. The topological polar surface area (TPSA) is 94.1 Å². The van der Waals surface area contributed by atoms with Crippen molar-refractivity contribution in [3.63, 3.8) is 0 Å². The predicted molar refractivity (Wildman–Crippen MR) is 130 cm³/mol. The van der Waals surface area contributed by atoms with Crippen molar-refractivity contribution < 1.29 is 13.5 Å². The van der Waals surface area contributed by atoms with Gasteiger partial charge in [-0.25, -0.2) is 13.8 Å². The Bertz CT molecular complexity index is 1200. The summed E-state index contributed by atoms with van der Waals surface area (Å²) in [5, 5.41) is 3.55. The van der Waals surface area contributed by atoms with Crippen LogP contribution >= 0.6 is 0 Å². The molecule has 4 fully saturated rings. The molecule has 3 saturated carbocycles. The highest BCUT2D eigenvalue weighted by atomic mass is 19.3. The molecule has 0 spiro atoms. The van der Waals surface area contributed by atoms with Crippen molar-refractivity contribution >= 4 is 22.8 Å². The first-order valence-corrected chi connectivity index (χ1v) is 12.4. The average molecular weight is 484 g/mol. The second-order valence-electron chi connectivity index (χ2n) is 10.3. The Labute approximate surface area is 202 Å². The van der Waals surface area contributed by atoms with Crippen LogP contribution in [0.1, 0.15) is 50.8 Å². The molecule has 7 rings (SSSR count). The number of alkyl halides is 2. The second-order valence-corrected chi connectivity index (χ2v) is 10.3. The number of nitrogens with one attached hydrogen (secondary N) is 1. The van der Waals surface area contributed by atoms with E-state index in [1.165, 1.54) is 4.57 Å². The number of ether oxygens (including phenoxy) is 1. The molecular formula is C25H31F2N7O. The number of fused-ring (bicyclic) bond motifs is 4. The molecular weight excluding hydrogens is 452 g/mol. The number of nitrogens with zero attached hydrogens (tertiary/aromatic N) is 5. The maximum Gasteiger partial charge on any atom is 0.296 e. The fourth-order valence-corrected chi connectivity index (χ4v) is 5.80. The minimum atomic E-state index is -2.74. The van der Waals surface area contributed by atoms with Crippen molar-refractivity contribution in [2.75, 3.05) is 43.1 Å². The van der Waals surface area contributed by atoms with E-state index in [0.29, 0.717) is 54.9 Å². The second kappa shape index (κ2) is 8.67. The lowest BCUT2D eigenvalue weighted by Crippen LogP contribution is -2.53. The van der Waals surface area contributed by atoms with E-state index in [4.69, 9.17) is 20.4 Å². The van der Waals surface area contributed by atoms with Crippen LogP contribution in [-0.4, -0.2) is 57.9 Å². The zero-order chi connectivity index (χ0) is 24.0. The molecule has 35 heavy (non-hydrogen) atoms. The number of halogens is 2. The van der Waals surface area contributed by atoms with E-state index in [-0.39, 0.29) is 16.8 Å². The van der Waals surface area contributed by atoms with E-state index in [0.717, 1.165) is 45.1 Å². The molecule has 3 aliphatic carbocycles. The number of imidazole rings is 1. The van der Waals surface area contributed by atoms with E-state index in [1.807, 2.05) is 11.0 Å². The van der Waals surface area contributed by atoms with Crippen LogP contribution in [0.15, 0.2) is 30.3 Å². The van der Waals surface area contributed by atoms with Crippen LogP contribution in [0.25, 0.3) is 16.9 Å². The van der Waals surface area contributed by atoms with Crippen LogP contribution in [0, 0.1) is 5.41 Å². The third-order valence-electron chi connectivity index (χ3n) is 8.11. The van der Waals surface area contributed by atoms with Crippen molar-refractivity contribution in [2.45, 2.75) is 50.5 Å². The predicted octanol–water partition coefficient (Wildman–Crippen LogP) is 4.05. The van der Waals surface area contributed by atoms with Crippen molar-refractivity contribution in [1.82, 2.24) is 19.5 Å². The largest absolute Gasteiger partial charge is 0.378 e. The Kier molecular flexibility index (Phi) is 5.60. The first kappa shape index (κ1) is 22.6. The molecule has 0 atom stereocenters. The van der Waals surface area contributed by atoms with Gasteiger partial charge in [0.2, 0.25) is 5.95 Å². The van der Waals surface area contributed by atoms with Gasteiger partial charge in [-0.2, -0.15) is 9.97 Å². The number of benzene rings is 1. The molecule has 2 aromatic heterocycles. The van der Waals surface area contributed by atoms with E-state index in [9.17, 15) is 8.78 Å². The zero-order valence-corrected chi connectivity index (χ0v) is 19.7. The summed E-state index contributed by atoms with van der Waals surface area (Å²) in [6.45, 7) is 3.25. The number of aromatic nitrogens is 4. The minimum Gasteiger partial charge on any atom is -0.378 e. The zero-order valence-electron chi connectivity index (χ0n) is 19.7. The van der Waals surface area contributed by atoms with Crippen LogP contribution in [0.5, 0.6) is 0 Å². The number of hydrogen-bond acceptors (Lipinski definition) is 7. The van der Waals surface area contributed by atoms with Gasteiger partial charge in [-0.05, 0) is 56.1 Å². The SMILES string of the molecule is NC12CCC(CNc3cc(-n4c(C(F)F)nc5ccccc54)nc(N4CCOCC4)n3)(CC1)CC2. The van der Waals surface area contributed by atoms with Crippen LogP contribution in [-0.2, 0) is 4.74 Å². The molecule has 3 heterocycles. The summed E-state index contributed by atoms with van der Waals surface area (Å²) in [4.78, 5) is 15.8. The van der Waals surface area contributed by atoms with E-state index in [1.54, 1.807) is 24.3 Å². The monoisotopic (exact) mass is 483 g/mol. The molecule has 0 amide bonds. The molecule has 0 unspecified atom stereocenters. The van der Waals surface area contributed by atoms with Gasteiger partial charge in [0.1, 0.15) is 11.6 Å². The normalized spacial score (nSPS) is 26.6. The highest BCUT2D eigenvalue weighted by molar-refractivity contribution is 5.78. The number of morpholine rings is 1. The molecule has 3 N–H and O–H groups in total. The smallest absolute Gasteiger partial charge is 0.296 e. The Morgan fingerprint density at radius 1 is 1.00 bits per heavy atom. The highest BCUT2D eigenvalue weighted by Gasteiger charge is 2.46. The maximum atomic E-state index is 14.1. The molecule has 0 radical (unpaired) electrons. The molecule has 3 aromatic rings. The van der Waals surface area contributed by atoms with Crippen molar-refractivity contribution in [3.8, 4) is 5.82 Å². The van der Waals surface area contributed by atoms with Crippen molar-refractivity contribution in [3.05, 3.63) is 36.2 Å². The van der Waals surface area contributed by atoms with Gasteiger partial charge in [0.25, 0.3) is 6.43 Å². The summed E-state index contributed by atoms with van der Waals surface area (Å²) >= 11 is 0. The summed E-state index contributed by atoms with van der Waals surface area (Å²) in [5.41, 5.74) is 7.83. The Hall–Kier alpha value is -2.85. The summed E-state index contributed by atoms with van der Waals surface area (Å²) < 4.78 is 35.1. The quantitative estimate of drug-likeness (QED) is 0.546. The first-order chi connectivity index (χ1) is 16.9. The lowest BCUT2D eigenvalue weighted by Gasteiger charge is -2.52. The van der Waals surface area contributed by atoms with E-state index >= 15 is 0 Å². The molecule has 2 bridgehead atoms. The van der Waals surface area contributed by atoms with Crippen molar-refractivity contribution in [1.29, 1.82) is 0 Å². The van der Waals surface area contributed by atoms with Crippen LogP contribution in [0.3, 0.4) is 0 Å². The van der Waals surface area contributed by atoms with Gasteiger partial charge >= 0.3 is 0 Å². The number of para-hydroxylation sites is 2. The molecule has 186 valence electrons. The van der Waals surface area contributed by atoms with E-state index in [2.05, 4.69) is 10.3 Å². The summed E-state index contributed by atoms with van der Waals surface area (Å²) in [6.07, 6.45) is 3.75. The number of anilines is 2. The minimum absolute atomic E-state index is 0.0154. The highest BCUT2D eigenvalue weighted by Crippen LogP contribution is 2.51. The van der Waals surface area contributed by atoms with Crippen LogP contribution in [0.2, 0.25) is 0 Å². The Morgan fingerprint density at radius 2 is 1.71 bits per heavy atom. The summed E-state index contributed by atoms with van der Waals surface area (Å²) in [5.74, 6) is 1.22. The molecule has 1 aliphatic heterocycles. The van der Waals surface area contributed by atoms with E-state index < -0.39 is 6.43 Å². The maximum absolute atomic E-state index is 14.1. The first-order valence-electron chi connectivity index (χ1n) is 12.4. The van der Waals surface area contributed by atoms with Gasteiger partial charge in [0, 0.05) is 31.2 Å². The Balaban J connectivity index is 1.38. The number of hydrogen-bond donors (Lipinski definition) is 2. The number of nitrogens with two attached hydrogens (primary N) is 1. The third kappa shape index (κ3) is 4.23. The van der Waals surface area contributed by atoms with Gasteiger partial charge in [-0.15, -0.1) is 0 Å². The van der Waals surface area contributed by atoms with Gasteiger partial charge in [0.05, 0.1) is 24.2 Å². The lowest BCUT2D eigenvalue weighted by atomic mass is 9.57. The van der Waals surface area contributed by atoms with Gasteiger partial charge in [0.15, 0.2) is 5.82 Å². The summed E-state index contributed by atoms with van der Waals surface area (Å²) in [6, 6.07) is 8.91. The van der Waals surface area contributed by atoms with Crippen LogP contribution in [0.4, 0.5) is 20.5 Å². The fraction of sp³-hybridized carbons (Fsp3) is 0.560. The lowest BCUT2D eigenvalue weighted by molar-refractivity contribution is 0.0556. The van der Waals surface area contributed by atoms with Crippen molar-refractivity contribution in [2.24, 2.45) is 11.1 Å². The van der Waals surface area contributed by atoms with Gasteiger partial charge < -0.3 is 20.7 Å². The number of rotatable bonds is 6. The van der Waals surface area contributed by atoms with Gasteiger partial charge in [-0.3, -0.25) is 4.57 Å². The molecule has 1 saturated heterocycles. The third-order valence-corrected chi connectivity index (χ3v) is 8.11. The average Bonchev–Trinajstić information content (AvgIpc) is 3.29. The molecule has 8 nitrogen and oxygen atoms in total. The van der Waals surface area contributed by atoms with Crippen LogP contribution < -0.4 is 16.0 Å². The standard InChI is InChI=1S/C25H31F2N7O/c26-21(27)22-30-17-3-1-2-4-18(17)34(22)20-15-19(31-23(32-20)33-11-13-35-14-12-33)29-16-24-5-8-25(28,9-6-24)10-7-24/h1-4,15,21H,5-14,16,28H2,(H,29,31,32). The Morgan fingerprint density at radius 3 is 2.43 bits per heavy atom. The van der Waals surface area contributed by atoms with Gasteiger partial charge in [-0.1, -0.05) is 12.1 Å².